The van der Waals surface area contributed by atoms with Gasteiger partial charge in [0, 0.05) is 11.3 Å². The number of rotatable bonds is 7. The lowest BCUT2D eigenvalue weighted by Gasteiger charge is -2.22. The van der Waals surface area contributed by atoms with Crippen molar-refractivity contribution >= 4 is 56.5 Å². The molecule has 5 aromatic rings. The molecule has 4 aromatic carbocycles. The number of thioether (sulfide) groups is 1. The van der Waals surface area contributed by atoms with E-state index in [9.17, 15) is 19.1 Å². The lowest BCUT2D eigenvalue weighted by Crippen LogP contribution is -2.29. The lowest BCUT2D eigenvalue weighted by atomic mass is 9.95. The van der Waals surface area contributed by atoms with Crippen LogP contribution in [0.1, 0.15) is 28.3 Å². The second-order valence-corrected chi connectivity index (χ2v) is 11.9. The maximum atomic E-state index is 14.4. The van der Waals surface area contributed by atoms with Crippen molar-refractivity contribution in [3.63, 3.8) is 0 Å². The van der Waals surface area contributed by atoms with Crippen molar-refractivity contribution in [2.75, 3.05) is 12.0 Å². The number of aliphatic hydroxyl groups is 1. The van der Waals surface area contributed by atoms with Crippen molar-refractivity contribution < 1.29 is 23.8 Å². The molecule has 1 fully saturated rings. The van der Waals surface area contributed by atoms with E-state index in [1.54, 1.807) is 31.2 Å². The Morgan fingerprint density at radius 1 is 1.02 bits per heavy atom. The molecule has 7 nitrogen and oxygen atoms in total. The van der Waals surface area contributed by atoms with Gasteiger partial charge in [-0.3, -0.25) is 14.5 Å². The van der Waals surface area contributed by atoms with Crippen LogP contribution in [0.3, 0.4) is 0 Å². The van der Waals surface area contributed by atoms with Gasteiger partial charge in [-0.2, -0.15) is 0 Å². The second kappa shape index (κ2) is 11.4. The number of hydrogen-bond acceptors (Lipinski definition) is 8. The lowest BCUT2D eigenvalue weighted by molar-refractivity contribution is -0.132. The molecular formula is C32H24FN3O4S2. The quantitative estimate of drug-likeness (QED) is 0.0706. The number of carbonyl (C=O) groups is 2. The van der Waals surface area contributed by atoms with Crippen LogP contribution in [-0.4, -0.2) is 34.1 Å². The van der Waals surface area contributed by atoms with E-state index in [1.807, 2.05) is 18.2 Å². The molecule has 210 valence electrons. The highest BCUT2D eigenvalue weighted by atomic mass is 32.2. The van der Waals surface area contributed by atoms with Crippen LogP contribution in [0, 0.1) is 12.7 Å². The van der Waals surface area contributed by atoms with E-state index in [-0.39, 0.29) is 16.3 Å². The van der Waals surface area contributed by atoms with E-state index in [0.29, 0.717) is 27.0 Å². The Morgan fingerprint density at radius 2 is 1.79 bits per heavy atom. The minimum Gasteiger partial charge on any atom is -0.507 e. The van der Waals surface area contributed by atoms with Crippen LogP contribution >= 0.6 is 23.1 Å². The van der Waals surface area contributed by atoms with E-state index in [1.165, 1.54) is 47.2 Å². The number of hydrogen-bond donors (Lipinski definition) is 1. The van der Waals surface area contributed by atoms with Crippen molar-refractivity contribution in [2.24, 2.45) is 0 Å². The Balaban J connectivity index is 1.38. The molecule has 0 aliphatic carbocycles. The highest BCUT2D eigenvalue weighted by molar-refractivity contribution is 8.00. The Morgan fingerprint density at radius 3 is 2.55 bits per heavy atom. The van der Waals surface area contributed by atoms with Crippen LogP contribution in [0.25, 0.3) is 16.5 Å². The molecule has 1 atom stereocenters. The summed E-state index contributed by atoms with van der Waals surface area (Å²) >= 11 is 2.67. The molecule has 0 saturated carbocycles. The minimum atomic E-state index is -1.01. The second-order valence-electron chi connectivity index (χ2n) is 9.68. The smallest absolute Gasteiger partial charge is 0.301 e. The first-order valence-corrected chi connectivity index (χ1v) is 14.8. The Hall–Kier alpha value is -4.54. The maximum Gasteiger partial charge on any atom is 0.301 e. The first-order valence-electron chi connectivity index (χ1n) is 13.0. The number of ketones is 1. The minimum absolute atomic E-state index is 0.0956. The number of fused-ring (bicyclic) bond motifs is 1. The first-order chi connectivity index (χ1) is 20.4. The summed E-state index contributed by atoms with van der Waals surface area (Å²) in [6.07, 6.45) is 0. The van der Waals surface area contributed by atoms with Gasteiger partial charge in [0.15, 0.2) is 4.34 Å². The molecule has 6 rings (SSSR count). The summed E-state index contributed by atoms with van der Waals surface area (Å²) in [5, 5.41) is 22.4. The molecule has 1 aliphatic heterocycles. The van der Waals surface area contributed by atoms with Crippen molar-refractivity contribution in [3.05, 3.63) is 119 Å². The number of methoxy groups -OCH3 is 1. The predicted molar refractivity (Wildman–Crippen MR) is 162 cm³/mol. The standard InChI is InChI=1S/C32H24FN3O4S2/c1-18-10-11-21(16-25(18)33)28(37)26-27(20-12-14-23(40-2)15-13-20)36(30(39)29(26)38)31-34-35-32(42-31)41-17-22-8-5-7-19-6-3-4-9-24(19)22/h3-16,27,37H,17H2,1-2H3/t27-/m1/s1. The number of Topliss-reactive ketones (excluding diaryl/α,β-unsaturated/α-hetero) is 1. The van der Waals surface area contributed by atoms with E-state index in [0.717, 1.165) is 22.4 Å². The van der Waals surface area contributed by atoms with Gasteiger partial charge in [0.1, 0.15) is 17.3 Å². The zero-order valence-corrected chi connectivity index (χ0v) is 24.2. The van der Waals surface area contributed by atoms with Crippen LogP contribution < -0.4 is 9.64 Å². The number of anilines is 1. The van der Waals surface area contributed by atoms with Gasteiger partial charge in [-0.05, 0) is 52.6 Å². The number of nitrogens with zero attached hydrogens (tertiary/aromatic N) is 3. The number of aryl methyl sites for hydroxylation is 1. The molecule has 1 aromatic heterocycles. The average molecular weight is 598 g/mol. The van der Waals surface area contributed by atoms with Gasteiger partial charge in [-0.15, -0.1) is 10.2 Å². The third kappa shape index (κ3) is 5.03. The summed E-state index contributed by atoms with van der Waals surface area (Å²) < 4.78 is 20.3. The molecule has 1 amide bonds. The van der Waals surface area contributed by atoms with Crippen molar-refractivity contribution in [1.29, 1.82) is 0 Å². The summed E-state index contributed by atoms with van der Waals surface area (Å²) in [4.78, 5) is 28.2. The normalized spacial score (nSPS) is 16.4. The molecule has 2 heterocycles. The monoisotopic (exact) mass is 597 g/mol. The molecule has 10 heteroatoms. The third-order valence-corrected chi connectivity index (χ3v) is 9.26. The molecule has 0 bridgehead atoms. The number of ether oxygens (including phenoxy) is 1. The van der Waals surface area contributed by atoms with Crippen LogP contribution in [0.4, 0.5) is 9.52 Å². The number of benzene rings is 4. The van der Waals surface area contributed by atoms with Gasteiger partial charge in [-0.1, -0.05) is 89.8 Å². The van der Waals surface area contributed by atoms with Gasteiger partial charge in [0.05, 0.1) is 18.7 Å². The SMILES string of the molecule is COc1ccc([C@@H]2C(=C(O)c3ccc(C)c(F)c3)C(=O)C(=O)N2c2nnc(SCc3cccc4ccccc34)s2)cc1. The fourth-order valence-corrected chi connectivity index (χ4v) is 6.81. The van der Waals surface area contributed by atoms with Crippen molar-refractivity contribution in [1.82, 2.24) is 10.2 Å². The summed E-state index contributed by atoms with van der Waals surface area (Å²) in [7, 11) is 1.53. The number of halogens is 1. The number of aliphatic hydroxyl groups excluding tert-OH is 1. The predicted octanol–water partition coefficient (Wildman–Crippen LogP) is 7.07. The molecule has 0 radical (unpaired) electrons. The molecule has 1 saturated heterocycles. The maximum absolute atomic E-state index is 14.4. The molecule has 1 N–H and O–H groups in total. The van der Waals surface area contributed by atoms with E-state index >= 15 is 0 Å². The van der Waals surface area contributed by atoms with Gasteiger partial charge >= 0.3 is 5.91 Å². The van der Waals surface area contributed by atoms with Crippen molar-refractivity contribution in [3.8, 4) is 5.75 Å². The highest BCUT2D eigenvalue weighted by Crippen LogP contribution is 2.44. The number of amides is 1. The summed E-state index contributed by atoms with van der Waals surface area (Å²) in [6.45, 7) is 1.60. The Labute approximate surface area is 249 Å². The van der Waals surface area contributed by atoms with Crippen LogP contribution in [0.5, 0.6) is 5.75 Å². The van der Waals surface area contributed by atoms with Gasteiger partial charge in [0.25, 0.3) is 5.78 Å². The fraction of sp³-hybridized carbons (Fsp3) is 0.125. The summed E-state index contributed by atoms with van der Waals surface area (Å²) in [5.41, 5.74) is 2.01. The zero-order chi connectivity index (χ0) is 29.4. The van der Waals surface area contributed by atoms with E-state index in [4.69, 9.17) is 4.74 Å². The molecular weight excluding hydrogens is 574 g/mol. The highest BCUT2D eigenvalue weighted by Gasteiger charge is 2.48. The van der Waals surface area contributed by atoms with Crippen LogP contribution in [-0.2, 0) is 15.3 Å². The number of aromatic nitrogens is 2. The molecule has 0 unspecified atom stereocenters. The van der Waals surface area contributed by atoms with Gasteiger partial charge in [-0.25, -0.2) is 4.39 Å². The molecule has 0 spiro atoms. The van der Waals surface area contributed by atoms with E-state index < -0.39 is 29.3 Å². The first kappa shape index (κ1) is 27.6. The summed E-state index contributed by atoms with van der Waals surface area (Å²) in [5.74, 6) is -1.53. The number of carbonyl (C=O) groups excluding carboxylic acids is 2. The molecule has 1 aliphatic rings. The third-order valence-electron chi connectivity index (χ3n) is 7.15. The van der Waals surface area contributed by atoms with Gasteiger partial charge < -0.3 is 9.84 Å². The fourth-order valence-electron chi connectivity index (χ4n) is 4.94. The van der Waals surface area contributed by atoms with E-state index in [2.05, 4.69) is 34.5 Å². The average Bonchev–Trinajstić information content (AvgIpc) is 3.58. The molecule has 42 heavy (non-hydrogen) atoms. The summed E-state index contributed by atoms with van der Waals surface area (Å²) in [6, 6.07) is 24.3. The van der Waals surface area contributed by atoms with Crippen molar-refractivity contribution in [2.45, 2.75) is 23.1 Å². The topological polar surface area (TPSA) is 92.6 Å². The van der Waals surface area contributed by atoms with Crippen LogP contribution in [0.2, 0.25) is 0 Å². The Kier molecular flexibility index (Phi) is 7.49. The largest absolute Gasteiger partial charge is 0.507 e. The zero-order valence-electron chi connectivity index (χ0n) is 22.6. The Bertz CT molecular complexity index is 1860. The van der Waals surface area contributed by atoms with Crippen LogP contribution in [0.15, 0.2) is 94.8 Å². The van der Waals surface area contributed by atoms with Gasteiger partial charge in [0.2, 0.25) is 5.13 Å².